The molecule has 2 aromatic rings. The molecule has 1 amide bonds. The molecule has 8 heteroatoms. The van der Waals surface area contributed by atoms with Crippen LogP contribution >= 0.6 is 0 Å². The number of amides is 1. The second kappa shape index (κ2) is 12.5. The number of aliphatic carboxylic acids is 1. The number of carbonyl (C=O) groups is 3. The van der Waals surface area contributed by atoms with E-state index in [0.717, 1.165) is 16.7 Å². The number of nitrogens with one attached hydrogen (secondary N) is 1. The summed E-state index contributed by atoms with van der Waals surface area (Å²) in [7, 11) is 0. The van der Waals surface area contributed by atoms with Crippen LogP contribution in [0.2, 0.25) is 0 Å². The van der Waals surface area contributed by atoms with Crippen molar-refractivity contribution in [2.75, 3.05) is 13.2 Å². The van der Waals surface area contributed by atoms with Gasteiger partial charge >= 0.3 is 17.8 Å². The van der Waals surface area contributed by atoms with Gasteiger partial charge < -0.3 is 25.4 Å². The fourth-order valence-electron chi connectivity index (χ4n) is 3.04. The van der Waals surface area contributed by atoms with Gasteiger partial charge in [0.05, 0.1) is 6.61 Å². The first-order valence-electron chi connectivity index (χ1n) is 10.0. The molecular formula is C23H27NO7. The van der Waals surface area contributed by atoms with Crippen LogP contribution in [0.5, 0.6) is 0 Å². The fourth-order valence-corrected chi connectivity index (χ4v) is 3.04. The Bertz CT molecular complexity index is 852. The smallest absolute Gasteiger partial charge is 0.394 e. The van der Waals surface area contributed by atoms with Gasteiger partial charge in [-0.1, -0.05) is 54.6 Å². The molecule has 0 aliphatic rings. The zero-order valence-electron chi connectivity index (χ0n) is 17.1. The zero-order valence-corrected chi connectivity index (χ0v) is 17.1. The summed E-state index contributed by atoms with van der Waals surface area (Å²) in [6.45, 7) is 0.0377. The van der Waals surface area contributed by atoms with Crippen LogP contribution < -0.4 is 5.32 Å². The molecule has 0 heterocycles. The molecule has 0 saturated carbocycles. The van der Waals surface area contributed by atoms with Crippen molar-refractivity contribution in [1.82, 2.24) is 5.32 Å². The van der Waals surface area contributed by atoms with Crippen LogP contribution in [0.15, 0.2) is 54.6 Å². The topological polar surface area (TPSA) is 133 Å². The van der Waals surface area contributed by atoms with Gasteiger partial charge in [0.15, 0.2) is 6.10 Å². The lowest BCUT2D eigenvalue weighted by Gasteiger charge is -2.20. The molecule has 8 nitrogen and oxygen atoms in total. The Hall–Kier alpha value is -3.23. The number of ether oxygens (including phenoxy) is 1. The normalized spacial score (nSPS) is 12.6. The van der Waals surface area contributed by atoms with Crippen molar-refractivity contribution in [3.8, 4) is 11.1 Å². The van der Waals surface area contributed by atoms with Crippen molar-refractivity contribution in [3.63, 3.8) is 0 Å². The first-order chi connectivity index (χ1) is 14.9. The molecular weight excluding hydrogens is 402 g/mol. The SMILES string of the molecule is O=C(O)C(=O)N[C@H](Cc1ccc(-c2ccccc2)cc1)C[C@@H](O)C(=O)OCCCCO. The predicted octanol–water partition coefficient (Wildman–Crippen LogP) is 1.53. The molecule has 0 aromatic heterocycles. The number of aliphatic hydroxyl groups excluding tert-OH is 2. The summed E-state index contributed by atoms with van der Waals surface area (Å²) in [4.78, 5) is 34.5. The number of unbranched alkanes of at least 4 members (excludes halogenated alkanes) is 1. The van der Waals surface area contributed by atoms with Gasteiger partial charge in [-0.2, -0.15) is 0 Å². The Morgan fingerprint density at radius 3 is 2.19 bits per heavy atom. The van der Waals surface area contributed by atoms with E-state index in [0.29, 0.717) is 12.8 Å². The average Bonchev–Trinajstić information content (AvgIpc) is 2.77. The van der Waals surface area contributed by atoms with E-state index in [9.17, 15) is 19.5 Å². The Kier molecular flexibility index (Phi) is 9.67. The zero-order chi connectivity index (χ0) is 22.6. The molecule has 0 bridgehead atoms. The fraction of sp³-hybridized carbons (Fsp3) is 0.348. The third-order valence-electron chi connectivity index (χ3n) is 4.65. The molecule has 0 spiro atoms. The van der Waals surface area contributed by atoms with Crippen molar-refractivity contribution in [2.45, 2.75) is 37.8 Å². The molecule has 2 atom stereocenters. The number of carbonyl (C=O) groups excluding carboxylic acids is 2. The summed E-state index contributed by atoms with van der Waals surface area (Å²) in [5.74, 6) is -3.72. The summed E-state index contributed by atoms with van der Waals surface area (Å²) < 4.78 is 4.95. The number of hydrogen-bond donors (Lipinski definition) is 4. The molecule has 0 fully saturated rings. The van der Waals surface area contributed by atoms with Crippen molar-refractivity contribution in [3.05, 3.63) is 60.2 Å². The Morgan fingerprint density at radius 1 is 0.935 bits per heavy atom. The maximum atomic E-state index is 12.0. The third-order valence-corrected chi connectivity index (χ3v) is 4.65. The molecule has 2 aromatic carbocycles. The molecule has 0 radical (unpaired) electrons. The van der Waals surface area contributed by atoms with E-state index in [1.807, 2.05) is 54.6 Å². The molecule has 166 valence electrons. The van der Waals surface area contributed by atoms with Gasteiger partial charge in [-0.05, 0) is 36.0 Å². The minimum absolute atomic E-state index is 0.0214. The molecule has 31 heavy (non-hydrogen) atoms. The lowest BCUT2D eigenvalue weighted by Crippen LogP contribution is -2.43. The van der Waals surface area contributed by atoms with E-state index in [2.05, 4.69) is 5.32 Å². The van der Waals surface area contributed by atoms with Crippen molar-refractivity contribution >= 4 is 17.8 Å². The quantitative estimate of drug-likeness (QED) is 0.242. The van der Waals surface area contributed by atoms with E-state index in [1.165, 1.54) is 0 Å². The molecule has 0 aliphatic heterocycles. The molecule has 0 aliphatic carbocycles. The van der Waals surface area contributed by atoms with Crippen LogP contribution in [0.3, 0.4) is 0 Å². The average molecular weight is 429 g/mol. The first kappa shape index (κ1) is 24.0. The number of benzene rings is 2. The standard InChI is InChI=1S/C23H27NO7/c25-12-4-5-13-31-23(30)20(26)15-19(24-21(27)22(28)29)14-16-8-10-18(11-9-16)17-6-2-1-3-7-17/h1-3,6-11,19-20,25-26H,4-5,12-15H2,(H,24,27)(H,28,29)/t19-,20-/m1/s1. The van der Waals surface area contributed by atoms with Crippen LogP contribution in [0.4, 0.5) is 0 Å². The summed E-state index contributed by atoms with van der Waals surface area (Å²) >= 11 is 0. The number of esters is 1. The van der Waals surface area contributed by atoms with Gasteiger partial charge in [0, 0.05) is 19.1 Å². The largest absolute Gasteiger partial charge is 0.474 e. The second-order valence-electron chi connectivity index (χ2n) is 7.09. The monoisotopic (exact) mass is 429 g/mol. The van der Waals surface area contributed by atoms with Crippen molar-refractivity contribution in [1.29, 1.82) is 0 Å². The van der Waals surface area contributed by atoms with Gasteiger partial charge in [-0.25, -0.2) is 9.59 Å². The predicted molar refractivity (Wildman–Crippen MR) is 113 cm³/mol. The number of rotatable bonds is 11. The number of hydrogen-bond acceptors (Lipinski definition) is 6. The first-order valence-corrected chi connectivity index (χ1v) is 10.0. The van der Waals surface area contributed by atoms with Crippen LogP contribution in [-0.2, 0) is 25.5 Å². The number of carboxylic acids is 1. The lowest BCUT2D eigenvalue weighted by molar-refractivity contribution is -0.155. The van der Waals surface area contributed by atoms with E-state index >= 15 is 0 Å². The molecule has 0 saturated heterocycles. The van der Waals surface area contributed by atoms with Crippen LogP contribution in [0.25, 0.3) is 11.1 Å². The highest BCUT2D eigenvalue weighted by Gasteiger charge is 2.25. The summed E-state index contributed by atoms with van der Waals surface area (Å²) in [5.41, 5.74) is 2.85. The van der Waals surface area contributed by atoms with E-state index in [-0.39, 0.29) is 26.1 Å². The van der Waals surface area contributed by atoms with E-state index in [1.54, 1.807) is 0 Å². The Morgan fingerprint density at radius 2 is 1.58 bits per heavy atom. The maximum absolute atomic E-state index is 12.0. The third kappa shape index (κ3) is 8.19. The molecule has 0 unspecified atom stereocenters. The van der Waals surface area contributed by atoms with Crippen molar-refractivity contribution < 1.29 is 34.4 Å². The second-order valence-corrected chi connectivity index (χ2v) is 7.09. The minimum atomic E-state index is -1.65. The minimum Gasteiger partial charge on any atom is -0.474 e. The Balaban J connectivity index is 2.03. The van der Waals surface area contributed by atoms with Crippen LogP contribution in [0.1, 0.15) is 24.8 Å². The lowest BCUT2D eigenvalue weighted by atomic mass is 9.98. The van der Waals surface area contributed by atoms with Crippen molar-refractivity contribution in [2.24, 2.45) is 0 Å². The van der Waals surface area contributed by atoms with E-state index in [4.69, 9.17) is 14.9 Å². The summed E-state index contributed by atoms with van der Waals surface area (Å²) in [6, 6.07) is 16.5. The highest BCUT2D eigenvalue weighted by molar-refractivity contribution is 6.31. The molecule has 4 N–H and O–H groups in total. The number of carboxylic acid groups (broad SMARTS) is 1. The van der Waals surface area contributed by atoms with Gasteiger partial charge in [0.1, 0.15) is 0 Å². The summed E-state index contributed by atoms with van der Waals surface area (Å²) in [6.07, 6.45) is -0.556. The number of aliphatic hydroxyl groups is 2. The summed E-state index contributed by atoms with van der Waals surface area (Å²) in [5, 5.41) is 30.1. The van der Waals surface area contributed by atoms with Gasteiger partial charge in [0.2, 0.25) is 0 Å². The van der Waals surface area contributed by atoms with E-state index < -0.39 is 30.0 Å². The van der Waals surface area contributed by atoms with Gasteiger partial charge in [0.25, 0.3) is 0 Å². The Labute approximate surface area is 180 Å². The van der Waals surface area contributed by atoms with Crippen LogP contribution in [0, 0.1) is 0 Å². The van der Waals surface area contributed by atoms with Gasteiger partial charge in [-0.15, -0.1) is 0 Å². The highest BCUT2D eigenvalue weighted by Crippen LogP contribution is 2.20. The van der Waals surface area contributed by atoms with Crippen LogP contribution in [-0.4, -0.2) is 58.5 Å². The van der Waals surface area contributed by atoms with Gasteiger partial charge in [-0.3, -0.25) is 4.79 Å². The highest BCUT2D eigenvalue weighted by atomic mass is 16.5. The maximum Gasteiger partial charge on any atom is 0.394 e. The molecule has 2 rings (SSSR count).